The highest BCUT2D eigenvalue weighted by molar-refractivity contribution is 9.10. The number of nitrogens with zero attached hydrogens (tertiary/aromatic N) is 4. The lowest BCUT2D eigenvalue weighted by Gasteiger charge is -2.38. The van der Waals surface area contributed by atoms with E-state index in [9.17, 15) is 19.7 Å². The average molecular weight is 630 g/mol. The molecule has 2 N–H and O–H groups in total. The SMILES string of the molecule is CNc1cncc(C(=O)N2CCC[C@@H](Nc3c(C(=O)N4CCC(C5CCOCC5)CC4)cc(Br)cc3[N+](=O)[O-])C2)c1. The molecule has 4 heterocycles. The third-order valence-electron chi connectivity index (χ3n) is 8.60. The van der Waals surface area contributed by atoms with Crippen LogP contribution in [0.25, 0.3) is 0 Å². The Labute approximate surface area is 248 Å². The number of hydrogen-bond donors (Lipinski definition) is 2. The van der Waals surface area contributed by atoms with Crippen LogP contribution >= 0.6 is 15.9 Å². The lowest BCUT2D eigenvalue weighted by Crippen LogP contribution is -2.45. The van der Waals surface area contributed by atoms with Gasteiger partial charge < -0.3 is 25.2 Å². The normalized spacial score (nSPS) is 20.5. The summed E-state index contributed by atoms with van der Waals surface area (Å²) in [7, 11) is 1.77. The third kappa shape index (κ3) is 6.81. The number of nitro groups is 1. The number of pyridine rings is 1. The number of anilines is 2. The molecule has 3 saturated heterocycles. The van der Waals surface area contributed by atoms with E-state index in [4.69, 9.17) is 4.74 Å². The van der Waals surface area contributed by atoms with Gasteiger partial charge in [0.1, 0.15) is 5.69 Å². The van der Waals surface area contributed by atoms with Gasteiger partial charge in [0.2, 0.25) is 0 Å². The first kappa shape index (κ1) is 29.2. The van der Waals surface area contributed by atoms with E-state index in [0.29, 0.717) is 48.1 Å². The number of benzene rings is 1. The van der Waals surface area contributed by atoms with Gasteiger partial charge in [-0.25, -0.2) is 0 Å². The Hall–Kier alpha value is -3.25. The van der Waals surface area contributed by atoms with Crippen molar-refractivity contribution < 1.29 is 19.2 Å². The van der Waals surface area contributed by atoms with Crippen molar-refractivity contribution >= 4 is 44.8 Å². The zero-order chi connectivity index (χ0) is 28.9. The molecule has 2 aromatic rings. The summed E-state index contributed by atoms with van der Waals surface area (Å²) < 4.78 is 6.00. The molecule has 1 atom stereocenters. The molecule has 3 aliphatic heterocycles. The number of piperidine rings is 2. The second kappa shape index (κ2) is 13.2. The molecule has 0 saturated carbocycles. The summed E-state index contributed by atoms with van der Waals surface area (Å²) in [6.45, 7) is 3.82. The first-order valence-corrected chi connectivity index (χ1v) is 15.2. The predicted molar refractivity (Wildman–Crippen MR) is 159 cm³/mol. The Balaban J connectivity index is 1.33. The number of amides is 2. The average Bonchev–Trinajstić information content (AvgIpc) is 3.01. The van der Waals surface area contributed by atoms with E-state index in [1.165, 1.54) is 6.07 Å². The predicted octanol–water partition coefficient (Wildman–Crippen LogP) is 4.79. The molecule has 1 aromatic carbocycles. The molecule has 0 radical (unpaired) electrons. The van der Waals surface area contributed by atoms with Gasteiger partial charge in [-0.2, -0.15) is 0 Å². The second-order valence-electron chi connectivity index (χ2n) is 11.1. The molecule has 11 nitrogen and oxygen atoms in total. The molecule has 3 aliphatic rings. The van der Waals surface area contributed by atoms with Gasteiger partial charge in [-0.3, -0.25) is 24.7 Å². The van der Waals surface area contributed by atoms with Crippen molar-refractivity contribution in [1.82, 2.24) is 14.8 Å². The van der Waals surface area contributed by atoms with E-state index in [0.717, 1.165) is 57.4 Å². The van der Waals surface area contributed by atoms with Crippen molar-refractivity contribution in [2.75, 3.05) is 57.1 Å². The molecule has 41 heavy (non-hydrogen) atoms. The van der Waals surface area contributed by atoms with Crippen molar-refractivity contribution in [2.24, 2.45) is 11.8 Å². The van der Waals surface area contributed by atoms with E-state index in [1.54, 1.807) is 36.5 Å². The Morgan fingerprint density at radius 1 is 1.00 bits per heavy atom. The smallest absolute Gasteiger partial charge is 0.294 e. The van der Waals surface area contributed by atoms with Crippen LogP contribution in [0.15, 0.2) is 35.1 Å². The topological polar surface area (TPSA) is 130 Å². The van der Waals surface area contributed by atoms with Crippen LogP contribution in [0.2, 0.25) is 0 Å². The molecular weight excluding hydrogens is 592 g/mol. The highest BCUT2D eigenvalue weighted by Gasteiger charge is 2.34. The van der Waals surface area contributed by atoms with Crippen LogP contribution < -0.4 is 10.6 Å². The molecule has 5 rings (SSSR count). The van der Waals surface area contributed by atoms with Crippen molar-refractivity contribution in [1.29, 1.82) is 0 Å². The fourth-order valence-corrected chi connectivity index (χ4v) is 6.79. The quantitative estimate of drug-likeness (QED) is 0.331. The summed E-state index contributed by atoms with van der Waals surface area (Å²) in [5.41, 5.74) is 1.56. The fourth-order valence-electron chi connectivity index (χ4n) is 6.35. The molecule has 2 amide bonds. The number of ether oxygens (including phenoxy) is 1. The number of nitro benzene ring substituents is 1. The molecule has 12 heteroatoms. The molecule has 220 valence electrons. The van der Waals surface area contributed by atoms with E-state index < -0.39 is 4.92 Å². The van der Waals surface area contributed by atoms with Gasteiger partial charge in [0.25, 0.3) is 17.5 Å². The minimum Gasteiger partial charge on any atom is -0.387 e. The summed E-state index contributed by atoms with van der Waals surface area (Å²) in [6.07, 6.45) is 8.65. The van der Waals surface area contributed by atoms with Gasteiger partial charge in [-0.05, 0) is 62.5 Å². The van der Waals surface area contributed by atoms with Crippen LogP contribution in [-0.4, -0.2) is 84.0 Å². The third-order valence-corrected chi connectivity index (χ3v) is 9.06. The zero-order valence-corrected chi connectivity index (χ0v) is 24.9. The second-order valence-corrected chi connectivity index (χ2v) is 12.0. The Bertz CT molecular complexity index is 1280. The van der Waals surface area contributed by atoms with Gasteiger partial charge >= 0.3 is 0 Å². The van der Waals surface area contributed by atoms with Crippen LogP contribution in [0.4, 0.5) is 17.1 Å². The number of carbonyl (C=O) groups excluding carboxylic acids is 2. The molecule has 0 bridgehead atoms. The molecule has 0 spiro atoms. The van der Waals surface area contributed by atoms with Gasteiger partial charge in [0.15, 0.2) is 0 Å². The summed E-state index contributed by atoms with van der Waals surface area (Å²) in [4.78, 5) is 46.5. The Kier molecular flexibility index (Phi) is 9.39. The Morgan fingerprint density at radius 3 is 2.44 bits per heavy atom. The van der Waals surface area contributed by atoms with Gasteiger partial charge in [0, 0.05) is 75.4 Å². The molecular formula is C29H37BrN6O5. The number of nitrogens with one attached hydrogen (secondary N) is 2. The minimum absolute atomic E-state index is 0.143. The Morgan fingerprint density at radius 2 is 1.73 bits per heavy atom. The summed E-state index contributed by atoms with van der Waals surface area (Å²) in [5, 5.41) is 18.5. The highest BCUT2D eigenvalue weighted by Crippen LogP contribution is 2.37. The van der Waals surface area contributed by atoms with E-state index in [-0.39, 0.29) is 34.8 Å². The van der Waals surface area contributed by atoms with Crippen LogP contribution in [0, 0.1) is 22.0 Å². The monoisotopic (exact) mass is 628 g/mol. The number of likely N-dealkylation sites (tertiary alicyclic amines) is 2. The maximum Gasteiger partial charge on any atom is 0.294 e. The largest absolute Gasteiger partial charge is 0.387 e. The van der Waals surface area contributed by atoms with Gasteiger partial charge in [-0.1, -0.05) is 15.9 Å². The zero-order valence-electron chi connectivity index (χ0n) is 23.3. The standard InChI is InChI=1S/C29H37BrN6O5/c1-31-24-13-21(16-32-17-24)28(37)35-8-2-3-23(18-35)33-27-25(14-22(30)15-26(27)36(39)40)29(38)34-9-4-19(5-10-34)20-6-11-41-12-7-20/h13-17,19-20,23,31,33H,2-12,18H2,1H3/t23-/m1/s1. The number of hydrogen-bond acceptors (Lipinski definition) is 8. The van der Waals surface area contributed by atoms with Crippen LogP contribution in [0.5, 0.6) is 0 Å². The molecule has 1 aromatic heterocycles. The van der Waals surface area contributed by atoms with Crippen LogP contribution in [0.3, 0.4) is 0 Å². The summed E-state index contributed by atoms with van der Waals surface area (Å²) >= 11 is 3.38. The van der Waals surface area contributed by atoms with Crippen molar-refractivity contribution in [3.63, 3.8) is 0 Å². The van der Waals surface area contributed by atoms with Crippen molar-refractivity contribution in [3.05, 3.63) is 56.3 Å². The van der Waals surface area contributed by atoms with E-state index >= 15 is 0 Å². The first-order valence-electron chi connectivity index (χ1n) is 14.4. The van der Waals surface area contributed by atoms with Gasteiger partial charge in [-0.15, -0.1) is 0 Å². The van der Waals surface area contributed by atoms with Gasteiger partial charge in [0.05, 0.1) is 21.7 Å². The minimum atomic E-state index is -0.456. The van der Waals surface area contributed by atoms with Crippen molar-refractivity contribution in [3.8, 4) is 0 Å². The molecule has 0 aliphatic carbocycles. The summed E-state index contributed by atoms with van der Waals surface area (Å²) in [5.74, 6) is 0.863. The fraction of sp³-hybridized carbons (Fsp3) is 0.552. The number of halogens is 1. The van der Waals surface area contributed by atoms with Crippen LogP contribution in [-0.2, 0) is 4.74 Å². The number of aromatic nitrogens is 1. The first-order chi connectivity index (χ1) is 19.8. The molecule has 0 unspecified atom stereocenters. The molecule has 3 fully saturated rings. The lowest BCUT2D eigenvalue weighted by molar-refractivity contribution is -0.384. The van der Waals surface area contributed by atoms with E-state index in [1.807, 2.05) is 4.90 Å². The maximum absolute atomic E-state index is 13.8. The highest BCUT2D eigenvalue weighted by atomic mass is 79.9. The summed E-state index contributed by atoms with van der Waals surface area (Å²) in [6, 6.07) is 4.60. The number of rotatable bonds is 7. The lowest BCUT2D eigenvalue weighted by atomic mass is 9.80. The van der Waals surface area contributed by atoms with E-state index in [2.05, 4.69) is 31.5 Å². The number of carbonyl (C=O) groups is 2. The van der Waals surface area contributed by atoms with Crippen molar-refractivity contribution in [2.45, 2.75) is 44.6 Å². The van der Waals surface area contributed by atoms with Crippen LogP contribution in [0.1, 0.15) is 59.2 Å². The maximum atomic E-state index is 13.8.